The second-order valence-corrected chi connectivity index (χ2v) is 10.1. The number of carboxylic acid groups (broad SMARTS) is 2. The van der Waals surface area contributed by atoms with E-state index in [1.54, 1.807) is 13.8 Å². The molecular weight excluding hydrogens is 376 g/mol. The topological polar surface area (TPSA) is 74.6 Å². The molecule has 30 heavy (non-hydrogen) atoms. The van der Waals surface area contributed by atoms with Crippen LogP contribution in [0, 0.1) is 31.6 Å². The van der Waals surface area contributed by atoms with E-state index >= 15 is 0 Å². The lowest BCUT2D eigenvalue weighted by molar-refractivity contribution is -0.147. The molecule has 1 fully saturated rings. The van der Waals surface area contributed by atoms with Crippen molar-refractivity contribution in [1.29, 1.82) is 0 Å². The van der Waals surface area contributed by atoms with E-state index < -0.39 is 22.8 Å². The monoisotopic (exact) mass is 416 g/mol. The van der Waals surface area contributed by atoms with Crippen molar-refractivity contribution in [3.8, 4) is 0 Å². The number of unbranched alkanes of at least 4 members (excludes halogenated alkanes) is 3. The molecule has 1 aromatic carbocycles. The van der Waals surface area contributed by atoms with Crippen molar-refractivity contribution >= 4 is 11.9 Å². The van der Waals surface area contributed by atoms with Gasteiger partial charge in [0.15, 0.2) is 0 Å². The number of carbonyl (C=O) groups is 2. The van der Waals surface area contributed by atoms with Crippen molar-refractivity contribution in [2.45, 2.75) is 105 Å². The largest absolute Gasteiger partial charge is 0.481 e. The highest BCUT2D eigenvalue weighted by atomic mass is 16.4. The van der Waals surface area contributed by atoms with Crippen LogP contribution in [0.5, 0.6) is 0 Å². The molecule has 1 aliphatic rings. The number of rotatable bonds is 13. The van der Waals surface area contributed by atoms with Gasteiger partial charge in [0.1, 0.15) is 0 Å². The molecule has 0 heterocycles. The van der Waals surface area contributed by atoms with E-state index in [2.05, 4.69) is 26.8 Å². The molecule has 0 radical (unpaired) electrons. The second-order valence-electron chi connectivity index (χ2n) is 10.1. The zero-order chi connectivity index (χ0) is 22.5. The smallest absolute Gasteiger partial charge is 0.309 e. The first-order valence-corrected chi connectivity index (χ1v) is 11.6. The van der Waals surface area contributed by atoms with E-state index in [1.807, 2.05) is 0 Å². The zero-order valence-corrected chi connectivity index (χ0v) is 19.6. The Morgan fingerprint density at radius 2 is 1.57 bits per heavy atom. The van der Waals surface area contributed by atoms with E-state index in [0.717, 1.165) is 70.6 Å². The van der Waals surface area contributed by atoms with Crippen LogP contribution >= 0.6 is 0 Å². The number of hydrogen-bond donors (Lipinski definition) is 2. The van der Waals surface area contributed by atoms with Crippen LogP contribution < -0.4 is 0 Å². The molecule has 0 atom stereocenters. The first-order chi connectivity index (χ1) is 14.0. The number of hydrogen-bond acceptors (Lipinski definition) is 2. The molecule has 0 unspecified atom stereocenters. The van der Waals surface area contributed by atoms with E-state index in [0.29, 0.717) is 0 Å². The molecule has 4 heteroatoms. The Balaban J connectivity index is 1.87. The third-order valence-corrected chi connectivity index (χ3v) is 7.34. The summed E-state index contributed by atoms with van der Waals surface area (Å²) in [5.41, 5.74) is 5.92. The van der Waals surface area contributed by atoms with Crippen LogP contribution in [-0.2, 0) is 22.4 Å². The fraction of sp³-hybridized carbons (Fsp3) is 0.692. The second kappa shape index (κ2) is 9.98. The van der Waals surface area contributed by atoms with E-state index in [4.69, 9.17) is 0 Å². The predicted octanol–water partition coefficient (Wildman–Crippen LogP) is 6.40. The van der Waals surface area contributed by atoms with Gasteiger partial charge in [-0.05, 0) is 114 Å². The summed E-state index contributed by atoms with van der Waals surface area (Å²) in [6, 6.07) is 2.31. The van der Waals surface area contributed by atoms with Crippen LogP contribution in [0.4, 0.5) is 0 Å². The molecule has 1 aliphatic carbocycles. The van der Waals surface area contributed by atoms with Gasteiger partial charge >= 0.3 is 11.9 Å². The van der Waals surface area contributed by atoms with E-state index in [-0.39, 0.29) is 0 Å². The average Bonchev–Trinajstić information content (AvgIpc) is 3.46. The molecule has 0 saturated heterocycles. The highest BCUT2D eigenvalue weighted by molar-refractivity contribution is 5.77. The van der Waals surface area contributed by atoms with E-state index in [1.165, 1.54) is 27.8 Å². The Hall–Kier alpha value is -1.84. The highest BCUT2D eigenvalue weighted by Crippen LogP contribution is 2.50. The van der Waals surface area contributed by atoms with Crippen molar-refractivity contribution in [1.82, 2.24) is 0 Å². The standard InChI is InChI=1S/C26H40O4/c1-18-17-21(11-8-10-14-26(15-16-26)24(29)30)20(3)22(19(18)2)12-7-6-9-13-25(4,5)23(27)28/h17H,6-16H2,1-5H3,(H,27,28)(H,29,30). The van der Waals surface area contributed by atoms with Gasteiger partial charge in [-0.25, -0.2) is 0 Å². The van der Waals surface area contributed by atoms with Crippen molar-refractivity contribution in [2.24, 2.45) is 10.8 Å². The fourth-order valence-corrected chi connectivity index (χ4v) is 4.48. The lowest BCUT2D eigenvalue weighted by Gasteiger charge is -2.19. The molecule has 2 rings (SSSR count). The summed E-state index contributed by atoms with van der Waals surface area (Å²) < 4.78 is 0. The van der Waals surface area contributed by atoms with Crippen molar-refractivity contribution in [3.63, 3.8) is 0 Å². The molecule has 1 saturated carbocycles. The lowest BCUT2D eigenvalue weighted by Crippen LogP contribution is -2.23. The summed E-state index contributed by atoms with van der Waals surface area (Å²) in [5, 5.41) is 18.6. The summed E-state index contributed by atoms with van der Waals surface area (Å²) in [7, 11) is 0. The minimum Gasteiger partial charge on any atom is -0.481 e. The normalized spacial score (nSPS) is 15.2. The Morgan fingerprint density at radius 1 is 0.933 bits per heavy atom. The van der Waals surface area contributed by atoms with Gasteiger partial charge in [-0.3, -0.25) is 9.59 Å². The molecule has 2 N–H and O–H groups in total. The molecule has 168 valence electrons. The maximum atomic E-state index is 11.3. The summed E-state index contributed by atoms with van der Waals surface area (Å²) in [6.45, 7) is 10.2. The minimum atomic E-state index is -0.714. The third kappa shape index (κ3) is 6.09. The van der Waals surface area contributed by atoms with Crippen LogP contribution in [-0.4, -0.2) is 22.2 Å². The maximum absolute atomic E-state index is 11.3. The predicted molar refractivity (Wildman–Crippen MR) is 121 cm³/mol. The van der Waals surface area contributed by atoms with Gasteiger partial charge in [0.05, 0.1) is 10.8 Å². The Morgan fingerprint density at radius 3 is 2.13 bits per heavy atom. The number of aliphatic carboxylic acids is 2. The number of aryl methyl sites for hydroxylation is 2. The van der Waals surface area contributed by atoms with Crippen molar-refractivity contribution in [2.75, 3.05) is 0 Å². The fourth-order valence-electron chi connectivity index (χ4n) is 4.48. The van der Waals surface area contributed by atoms with Gasteiger partial charge in [0.2, 0.25) is 0 Å². The SMILES string of the molecule is Cc1cc(CCCCC2(C(=O)O)CC2)c(C)c(CCCCCC(C)(C)C(=O)O)c1C. The maximum Gasteiger partial charge on any atom is 0.309 e. The van der Waals surface area contributed by atoms with Gasteiger partial charge in [-0.15, -0.1) is 0 Å². The van der Waals surface area contributed by atoms with Crippen molar-refractivity contribution < 1.29 is 19.8 Å². The summed E-state index contributed by atoms with van der Waals surface area (Å²) in [4.78, 5) is 22.6. The quantitative estimate of drug-likeness (QED) is 0.365. The Labute approximate surface area is 182 Å². The van der Waals surface area contributed by atoms with Gasteiger partial charge in [0, 0.05) is 0 Å². The van der Waals surface area contributed by atoms with Gasteiger partial charge < -0.3 is 10.2 Å². The van der Waals surface area contributed by atoms with Gasteiger partial charge in [-0.2, -0.15) is 0 Å². The number of benzene rings is 1. The van der Waals surface area contributed by atoms with Crippen molar-refractivity contribution in [3.05, 3.63) is 33.9 Å². The van der Waals surface area contributed by atoms with Gasteiger partial charge in [-0.1, -0.05) is 25.3 Å². The molecule has 0 spiro atoms. The Bertz CT molecular complexity index is 772. The number of carboxylic acids is 2. The molecule has 0 bridgehead atoms. The summed E-state index contributed by atoms with van der Waals surface area (Å²) >= 11 is 0. The zero-order valence-electron chi connectivity index (χ0n) is 19.6. The molecule has 4 nitrogen and oxygen atoms in total. The first kappa shape index (κ1) is 24.4. The summed E-state index contributed by atoms with van der Waals surface area (Å²) in [6.07, 6.45) is 10.4. The van der Waals surface area contributed by atoms with Crippen LogP contribution in [0.1, 0.15) is 99.5 Å². The van der Waals surface area contributed by atoms with Crippen LogP contribution in [0.15, 0.2) is 6.07 Å². The van der Waals surface area contributed by atoms with Crippen LogP contribution in [0.3, 0.4) is 0 Å². The van der Waals surface area contributed by atoms with Crippen LogP contribution in [0.2, 0.25) is 0 Å². The van der Waals surface area contributed by atoms with Crippen LogP contribution in [0.25, 0.3) is 0 Å². The average molecular weight is 417 g/mol. The molecule has 1 aromatic rings. The molecule has 0 aliphatic heterocycles. The third-order valence-electron chi connectivity index (χ3n) is 7.34. The summed E-state index contributed by atoms with van der Waals surface area (Å²) in [5.74, 6) is -1.33. The highest BCUT2D eigenvalue weighted by Gasteiger charge is 2.49. The lowest BCUT2D eigenvalue weighted by atomic mass is 9.85. The van der Waals surface area contributed by atoms with Gasteiger partial charge in [0.25, 0.3) is 0 Å². The molecular formula is C26H40O4. The Kier molecular flexibility index (Phi) is 8.13. The van der Waals surface area contributed by atoms with E-state index in [9.17, 15) is 19.8 Å². The first-order valence-electron chi connectivity index (χ1n) is 11.6. The minimum absolute atomic E-state index is 0.404. The molecule has 0 aromatic heterocycles. The molecule has 0 amide bonds.